The summed E-state index contributed by atoms with van der Waals surface area (Å²) in [6.45, 7) is -5.64. The Kier molecular flexibility index (Phi) is 7.02. The van der Waals surface area contributed by atoms with Crippen molar-refractivity contribution in [3.63, 3.8) is 0 Å². The Morgan fingerprint density at radius 1 is 1.23 bits per heavy atom. The smallest absolute Gasteiger partial charge is 0.387 e. The monoisotopic (exact) mass is 524 g/mol. The molecule has 0 aromatic carbocycles. The number of nitrogens with two attached hydrogens (primary N) is 1. The van der Waals surface area contributed by atoms with E-state index in [2.05, 4.69) is 39.6 Å². The van der Waals surface area contributed by atoms with Gasteiger partial charge in [0.25, 0.3) is 0 Å². The Bertz CT molecular complexity index is 1020. The van der Waals surface area contributed by atoms with Crippen molar-refractivity contribution in [2.24, 2.45) is 15.7 Å². The van der Waals surface area contributed by atoms with Crippen LogP contribution in [-0.4, -0.2) is 96.2 Å². The Hall–Kier alpha value is -0.900. The third kappa shape index (κ3) is 5.92. The summed E-state index contributed by atoms with van der Waals surface area (Å²) in [5.41, 5.74) is 5.96. The van der Waals surface area contributed by atoms with Gasteiger partial charge in [-0.3, -0.25) is 14.4 Å². The SMILES string of the molecule is NC1=[N+]=CN=C2C1=NCN2[C@@H]1O[C@H](COP(=O)(O)OP(=O)(O)OP(O)(O)=S)[C@@H](O)[C@H]1O. The topological polar surface area (TPSA) is 261 Å². The van der Waals surface area contributed by atoms with E-state index in [1.54, 1.807) is 0 Å². The van der Waals surface area contributed by atoms with Crippen LogP contribution in [0.2, 0.25) is 0 Å². The van der Waals surface area contributed by atoms with E-state index in [9.17, 15) is 29.1 Å². The average Bonchev–Trinajstić information content (AvgIpc) is 3.13. The highest BCUT2D eigenvalue weighted by molar-refractivity contribution is 8.08. The molecule has 0 aromatic rings. The number of amidine groups is 2. The molecule has 174 valence electrons. The lowest BCUT2D eigenvalue weighted by atomic mass is 10.1. The van der Waals surface area contributed by atoms with Crippen molar-refractivity contribution in [1.29, 1.82) is 0 Å². The number of aliphatic hydroxyl groups excluding tert-OH is 2. The summed E-state index contributed by atoms with van der Waals surface area (Å²) in [4.78, 5) is 46.0. The maximum absolute atomic E-state index is 11.9. The lowest BCUT2D eigenvalue weighted by Crippen LogP contribution is -2.49. The molecule has 6 atom stereocenters. The number of rotatable bonds is 8. The Morgan fingerprint density at radius 3 is 2.55 bits per heavy atom. The van der Waals surface area contributed by atoms with Crippen LogP contribution in [0.4, 0.5) is 0 Å². The first kappa shape index (κ1) is 24.7. The predicted octanol–water partition coefficient (Wildman–Crippen LogP) is -3.53. The summed E-state index contributed by atoms with van der Waals surface area (Å²) >= 11 is 3.97. The third-order valence-corrected chi connectivity index (χ3v) is 8.35. The predicted molar refractivity (Wildman–Crippen MR) is 106 cm³/mol. The second kappa shape index (κ2) is 8.80. The maximum atomic E-state index is 11.9. The van der Waals surface area contributed by atoms with Gasteiger partial charge in [0, 0.05) is 0 Å². The zero-order valence-corrected chi connectivity index (χ0v) is 18.5. The minimum Gasteiger partial charge on any atom is -0.387 e. The molecule has 31 heavy (non-hydrogen) atoms. The van der Waals surface area contributed by atoms with E-state index in [-0.39, 0.29) is 24.1 Å². The largest absolute Gasteiger partial charge is 0.488 e. The van der Waals surface area contributed by atoms with Gasteiger partial charge in [0.05, 0.1) is 6.61 Å². The van der Waals surface area contributed by atoms with E-state index in [1.807, 2.05) is 0 Å². The highest BCUT2D eigenvalue weighted by Crippen LogP contribution is 2.66. The first-order valence-electron chi connectivity index (χ1n) is 8.04. The first-order chi connectivity index (χ1) is 14.2. The number of ether oxygens (including phenoxy) is 1. The summed E-state index contributed by atoms with van der Waals surface area (Å²) in [5, 5.41) is 20.5. The fraction of sp³-hybridized carbons (Fsp3) is 0.600. The van der Waals surface area contributed by atoms with Gasteiger partial charge in [-0.1, -0.05) is 4.99 Å². The molecule has 1 fully saturated rings. The van der Waals surface area contributed by atoms with Crippen LogP contribution in [0.25, 0.3) is 0 Å². The van der Waals surface area contributed by atoms with E-state index in [0.29, 0.717) is 0 Å². The second-order valence-electron chi connectivity index (χ2n) is 6.13. The molecule has 0 bridgehead atoms. The number of hydrogen-bond acceptors (Lipinski definition) is 13. The van der Waals surface area contributed by atoms with Crippen molar-refractivity contribution in [3.8, 4) is 0 Å². The molecule has 1 saturated heterocycles. The number of aliphatic imine (C=N–C) groups is 2. The van der Waals surface area contributed by atoms with Gasteiger partial charge in [-0.25, -0.2) is 18.1 Å². The van der Waals surface area contributed by atoms with Crippen LogP contribution >= 0.6 is 22.4 Å². The van der Waals surface area contributed by atoms with Crippen LogP contribution < -0.4 is 10.4 Å². The first-order valence-corrected chi connectivity index (χ1v) is 13.7. The van der Waals surface area contributed by atoms with E-state index in [0.717, 1.165) is 6.34 Å². The van der Waals surface area contributed by atoms with Gasteiger partial charge < -0.3 is 40.3 Å². The van der Waals surface area contributed by atoms with E-state index < -0.39 is 53.5 Å². The molecule has 0 spiro atoms. The molecule has 3 rings (SSSR count). The van der Waals surface area contributed by atoms with Gasteiger partial charge >= 0.3 is 34.5 Å². The van der Waals surface area contributed by atoms with Crippen molar-refractivity contribution >= 4 is 57.9 Å². The molecule has 8 N–H and O–H groups in total. The lowest BCUT2D eigenvalue weighted by molar-refractivity contribution is -0.0680. The van der Waals surface area contributed by atoms with Crippen LogP contribution in [0.5, 0.6) is 0 Å². The molecule has 17 nitrogen and oxygen atoms in total. The number of nitrogens with zero attached hydrogens (tertiary/aromatic N) is 4. The fourth-order valence-corrected chi connectivity index (χ4v) is 6.54. The molecule has 0 aromatic heterocycles. The molecule has 0 saturated carbocycles. The molecule has 3 aliphatic rings. The molecule has 0 amide bonds. The van der Waals surface area contributed by atoms with Crippen LogP contribution in [0.1, 0.15) is 0 Å². The Balaban J connectivity index is 1.62. The number of hydrogen-bond donors (Lipinski definition) is 7. The van der Waals surface area contributed by atoms with Gasteiger partial charge in [-0.05, 0) is 11.8 Å². The van der Waals surface area contributed by atoms with Crippen molar-refractivity contribution in [1.82, 2.24) is 9.57 Å². The number of phosphoric acid groups is 2. The Labute approximate surface area is 178 Å². The van der Waals surface area contributed by atoms with Gasteiger partial charge in [-0.2, -0.15) is 4.31 Å². The maximum Gasteiger partial charge on any atom is 0.488 e. The molecule has 2 unspecified atom stereocenters. The Morgan fingerprint density at radius 2 is 1.90 bits per heavy atom. The average molecular weight is 524 g/mol. The quantitative estimate of drug-likeness (QED) is 0.120. The second-order valence-corrected chi connectivity index (χ2v) is 12.0. The van der Waals surface area contributed by atoms with Crippen LogP contribution in [0.3, 0.4) is 0 Å². The summed E-state index contributed by atoms with van der Waals surface area (Å²) in [7, 11) is -10.8. The normalized spacial score (nSPS) is 32.1. The van der Waals surface area contributed by atoms with E-state index in [1.165, 1.54) is 4.90 Å². The van der Waals surface area contributed by atoms with Gasteiger partial charge in [0.1, 0.15) is 25.0 Å². The number of fused-ring (bicyclic) bond motifs is 1. The van der Waals surface area contributed by atoms with Crippen molar-refractivity contribution in [2.45, 2.75) is 24.5 Å². The van der Waals surface area contributed by atoms with Crippen LogP contribution in [-0.2, 0) is 38.8 Å². The third-order valence-electron chi connectivity index (χ3n) is 3.95. The fourth-order valence-electron chi connectivity index (χ4n) is 2.75. The minimum atomic E-state index is -5.49. The molecule has 21 heteroatoms. The van der Waals surface area contributed by atoms with Crippen molar-refractivity contribution in [2.75, 3.05) is 13.3 Å². The summed E-state index contributed by atoms with van der Waals surface area (Å²) in [6, 6.07) is 0. The van der Waals surface area contributed by atoms with Gasteiger partial charge in [0.2, 0.25) is 11.5 Å². The molecular formula is C10H17N5O12P3S+. The van der Waals surface area contributed by atoms with E-state index >= 15 is 0 Å². The standard InChI is InChI=1S/C10H16N5O12P3S/c11-8-5-9(13-2-12-8)15(3-14-5)10-7(17)6(16)4(25-10)1-24-28(18,19)26-29(20,21)27-30(22,23)31/h2,4,6-7,10-11,16-17H,1,3H2,(H4,18,19,20,21,22,23,31)/p+1/t4-,6-,7-,10-/m1/s1. The van der Waals surface area contributed by atoms with Crippen LogP contribution in [0, 0.1) is 0 Å². The van der Waals surface area contributed by atoms with E-state index in [4.69, 9.17) is 20.3 Å². The van der Waals surface area contributed by atoms with Crippen LogP contribution in [0.15, 0.2) is 9.98 Å². The summed E-state index contributed by atoms with van der Waals surface area (Å²) in [5.74, 6) is 0.314. The van der Waals surface area contributed by atoms with Crippen molar-refractivity contribution in [3.05, 3.63) is 0 Å². The van der Waals surface area contributed by atoms with Gasteiger partial charge in [-0.15, -0.1) is 0 Å². The highest BCUT2D eigenvalue weighted by Gasteiger charge is 2.50. The summed E-state index contributed by atoms with van der Waals surface area (Å²) in [6.07, 6.45) is -4.60. The molecular weight excluding hydrogens is 507 g/mol. The molecule has 3 heterocycles. The summed E-state index contributed by atoms with van der Waals surface area (Å²) < 4.78 is 44.7. The lowest BCUT2D eigenvalue weighted by Gasteiger charge is -2.25. The molecule has 0 radical (unpaired) electrons. The highest BCUT2D eigenvalue weighted by atomic mass is 32.5. The molecule has 0 aliphatic carbocycles. The number of aliphatic hydroxyl groups is 2. The number of phosphoric ester groups is 1. The van der Waals surface area contributed by atoms with Crippen molar-refractivity contribution < 1.29 is 56.8 Å². The zero-order chi connectivity index (χ0) is 23.2. The minimum absolute atomic E-state index is 0.0405. The van der Waals surface area contributed by atoms with Gasteiger partial charge in [0.15, 0.2) is 6.23 Å². The molecule has 3 aliphatic heterocycles. The zero-order valence-electron chi connectivity index (χ0n) is 15.0.